The summed E-state index contributed by atoms with van der Waals surface area (Å²) in [6, 6.07) is 15.0. The highest BCUT2D eigenvalue weighted by Gasteiger charge is 2.68. The normalized spacial score (nSPS) is 29.6. The van der Waals surface area contributed by atoms with Crippen LogP contribution in [-0.4, -0.2) is 53.6 Å². The van der Waals surface area contributed by atoms with Crippen molar-refractivity contribution in [3.05, 3.63) is 59.7 Å². The molecule has 3 fully saturated rings. The first kappa shape index (κ1) is 28.4. The summed E-state index contributed by atoms with van der Waals surface area (Å²) in [6.07, 6.45) is -2.02. The molecule has 216 valence electrons. The molecule has 0 radical (unpaired) electrons. The van der Waals surface area contributed by atoms with Gasteiger partial charge in [0.25, 0.3) is 0 Å². The van der Waals surface area contributed by atoms with Gasteiger partial charge in [-0.15, -0.1) is 0 Å². The Hall–Kier alpha value is -3.18. The second kappa shape index (κ2) is 9.73. The molecule has 2 N–H and O–H groups in total. The molecule has 10 heteroatoms. The zero-order valence-electron chi connectivity index (χ0n) is 24.4. The average Bonchev–Trinajstić information content (AvgIpc) is 3.46. The van der Waals surface area contributed by atoms with Crippen molar-refractivity contribution in [1.29, 1.82) is 0 Å². The van der Waals surface area contributed by atoms with Crippen molar-refractivity contribution in [2.75, 3.05) is 17.2 Å². The molecule has 40 heavy (non-hydrogen) atoms. The van der Waals surface area contributed by atoms with Gasteiger partial charge in [-0.1, -0.05) is 24.3 Å². The van der Waals surface area contributed by atoms with E-state index in [0.717, 1.165) is 11.1 Å². The van der Waals surface area contributed by atoms with Gasteiger partial charge >= 0.3 is 12.2 Å². The first-order valence-corrected chi connectivity index (χ1v) is 13.5. The number of carbonyl (C=O) groups excluding carboxylic acids is 2. The lowest BCUT2D eigenvalue weighted by atomic mass is 9.93. The van der Waals surface area contributed by atoms with Crippen LogP contribution in [0.4, 0.5) is 21.0 Å². The molecule has 0 aliphatic carbocycles. The molecular formula is C30H39N3O7. The summed E-state index contributed by atoms with van der Waals surface area (Å²) in [6.45, 7) is 15.4. The molecular weight excluding hydrogens is 514 g/mol. The van der Waals surface area contributed by atoms with E-state index >= 15 is 0 Å². The van der Waals surface area contributed by atoms with Crippen LogP contribution in [0.2, 0.25) is 0 Å². The zero-order valence-corrected chi connectivity index (χ0v) is 24.4. The monoisotopic (exact) mass is 553 g/mol. The highest BCUT2D eigenvalue weighted by atomic mass is 16.7. The van der Waals surface area contributed by atoms with Gasteiger partial charge < -0.3 is 23.7 Å². The summed E-state index contributed by atoms with van der Waals surface area (Å²) in [4.78, 5) is 26.5. The van der Waals surface area contributed by atoms with Crippen molar-refractivity contribution in [1.82, 2.24) is 4.90 Å². The molecule has 3 aliphatic rings. The summed E-state index contributed by atoms with van der Waals surface area (Å²) in [7, 11) is 0. The second-order valence-corrected chi connectivity index (χ2v) is 12.8. The third kappa shape index (κ3) is 5.41. The maximum atomic E-state index is 12.2. The highest BCUT2D eigenvalue weighted by Crippen LogP contribution is 2.55. The van der Waals surface area contributed by atoms with Crippen LogP contribution >= 0.6 is 0 Å². The van der Waals surface area contributed by atoms with E-state index in [4.69, 9.17) is 23.7 Å². The zero-order chi connectivity index (χ0) is 29.1. The van der Waals surface area contributed by atoms with Crippen LogP contribution in [0.3, 0.4) is 0 Å². The van der Waals surface area contributed by atoms with Crippen molar-refractivity contribution in [3.8, 4) is 0 Å². The molecule has 0 unspecified atom stereocenters. The highest BCUT2D eigenvalue weighted by molar-refractivity contribution is 5.85. The fourth-order valence-electron chi connectivity index (χ4n) is 5.43. The number of hydrogen-bond acceptors (Lipinski definition) is 8. The first-order chi connectivity index (χ1) is 18.6. The van der Waals surface area contributed by atoms with Crippen LogP contribution in [0, 0.1) is 0 Å². The largest absolute Gasteiger partial charge is 0.444 e. The van der Waals surface area contributed by atoms with E-state index in [1.165, 1.54) is 0 Å². The van der Waals surface area contributed by atoms with Gasteiger partial charge in [-0.25, -0.2) is 14.5 Å². The van der Waals surface area contributed by atoms with Crippen LogP contribution in [0.25, 0.3) is 0 Å². The van der Waals surface area contributed by atoms with Crippen molar-refractivity contribution in [3.63, 3.8) is 0 Å². The van der Waals surface area contributed by atoms with E-state index in [1.807, 2.05) is 104 Å². The number of nitrogens with one attached hydrogen (secondary N) is 2. The van der Waals surface area contributed by atoms with Gasteiger partial charge in [0.05, 0.1) is 6.61 Å². The van der Waals surface area contributed by atoms with E-state index in [1.54, 1.807) is 0 Å². The Morgan fingerprint density at radius 1 is 0.750 bits per heavy atom. The molecule has 0 spiro atoms. The Labute approximate surface area is 235 Å². The van der Waals surface area contributed by atoms with Crippen molar-refractivity contribution in [2.24, 2.45) is 0 Å². The van der Waals surface area contributed by atoms with Crippen molar-refractivity contribution >= 4 is 23.6 Å². The third-order valence-electron chi connectivity index (χ3n) is 7.16. The molecule has 5 rings (SSSR count). The van der Waals surface area contributed by atoms with Crippen LogP contribution in [-0.2, 0) is 34.9 Å². The van der Waals surface area contributed by atoms with Crippen LogP contribution < -0.4 is 10.6 Å². The molecule has 2 aromatic carbocycles. The predicted molar refractivity (Wildman–Crippen MR) is 149 cm³/mol. The third-order valence-corrected chi connectivity index (χ3v) is 7.16. The van der Waals surface area contributed by atoms with Crippen LogP contribution in [0.5, 0.6) is 0 Å². The van der Waals surface area contributed by atoms with Crippen molar-refractivity contribution in [2.45, 2.75) is 96.5 Å². The molecule has 10 nitrogen and oxygen atoms in total. The Morgan fingerprint density at radius 2 is 1.18 bits per heavy atom. The average molecular weight is 554 g/mol. The van der Waals surface area contributed by atoms with Gasteiger partial charge in [0.1, 0.15) is 41.1 Å². The SMILES string of the molecule is CC(C)(C)OC(=O)Nc1ccc([C@]2(C)O[C@@H]3N4[C@H](CO[C@H]42)O[C@]3(C)c2ccc(NC(=O)OC(C)(C)C)cc2)cc1. The molecule has 2 amide bonds. The summed E-state index contributed by atoms with van der Waals surface area (Å²) in [5.41, 5.74) is 0.378. The summed E-state index contributed by atoms with van der Waals surface area (Å²) < 4.78 is 30.2. The summed E-state index contributed by atoms with van der Waals surface area (Å²) in [5, 5.41) is 5.53. The number of carbonyl (C=O) groups is 2. The number of rotatable bonds is 4. The number of hydrogen-bond donors (Lipinski definition) is 2. The number of benzene rings is 2. The summed E-state index contributed by atoms with van der Waals surface area (Å²) in [5.74, 6) is 0. The van der Waals surface area contributed by atoms with Gasteiger partial charge in [-0.05, 0) is 90.8 Å². The Balaban J connectivity index is 1.32. The molecule has 2 aromatic rings. The second-order valence-electron chi connectivity index (χ2n) is 12.8. The molecule has 0 aromatic heterocycles. The fraction of sp³-hybridized carbons (Fsp3) is 0.533. The first-order valence-electron chi connectivity index (χ1n) is 13.5. The molecule has 3 heterocycles. The molecule has 0 saturated carbocycles. The van der Waals surface area contributed by atoms with Gasteiger partial charge in [0, 0.05) is 11.4 Å². The van der Waals surface area contributed by atoms with Gasteiger partial charge in [0.15, 0.2) is 0 Å². The standard InChI is InChI=1S/C30H39N3O7/c1-27(2,3)39-25(34)31-20-13-9-18(10-14-20)29(7)23-33-22(17-36-23)37-30(8,24(33)38-29)19-11-15-21(16-12-19)32-26(35)40-28(4,5)6/h9-16,22-24H,17H2,1-8H3,(H,31,34)(H,32,35)/t22-,23-,24-,29-,30+/m0/s1. The number of amides is 2. The maximum Gasteiger partial charge on any atom is 0.412 e. The molecule has 3 aliphatic heterocycles. The maximum absolute atomic E-state index is 12.2. The van der Waals surface area contributed by atoms with E-state index < -0.39 is 40.8 Å². The van der Waals surface area contributed by atoms with Crippen LogP contribution in [0.15, 0.2) is 48.5 Å². The minimum Gasteiger partial charge on any atom is -0.444 e. The Bertz CT molecular complexity index is 1190. The minimum absolute atomic E-state index is 0.255. The van der Waals surface area contributed by atoms with Crippen LogP contribution in [0.1, 0.15) is 66.5 Å². The van der Waals surface area contributed by atoms with E-state index in [9.17, 15) is 9.59 Å². The van der Waals surface area contributed by atoms with Gasteiger partial charge in [-0.2, -0.15) is 0 Å². The topological polar surface area (TPSA) is 108 Å². The van der Waals surface area contributed by atoms with Gasteiger partial charge in [-0.3, -0.25) is 10.6 Å². The Morgan fingerprint density at radius 3 is 1.60 bits per heavy atom. The Kier molecular flexibility index (Phi) is 6.89. The van der Waals surface area contributed by atoms with Gasteiger partial charge in [0.2, 0.25) is 0 Å². The number of nitrogens with zero attached hydrogens (tertiary/aromatic N) is 1. The quantitative estimate of drug-likeness (QED) is 0.483. The predicted octanol–water partition coefficient (Wildman–Crippen LogP) is 5.88. The molecule has 5 atom stereocenters. The lowest BCUT2D eigenvalue weighted by Gasteiger charge is -2.33. The summed E-state index contributed by atoms with van der Waals surface area (Å²) >= 11 is 0. The molecule has 0 bridgehead atoms. The van der Waals surface area contributed by atoms with E-state index in [-0.39, 0.29) is 12.5 Å². The fourth-order valence-corrected chi connectivity index (χ4v) is 5.43. The smallest absolute Gasteiger partial charge is 0.412 e. The number of ether oxygens (including phenoxy) is 5. The lowest BCUT2D eigenvalue weighted by Crippen LogP contribution is -2.40. The molecule has 3 saturated heterocycles. The van der Waals surface area contributed by atoms with E-state index in [0.29, 0.717) is 18.0 Å². The lowest BCUT2D eigenvalue weighted by molar-refractivity contribution is -0.138. The number of anilines is 2. The minimum atomic E-state index is -0.771. The van der Waals surface area contributed by atoms with E-state index in [2.05, 4.69) is 15.5 Å². The van der Waals surface area contributed by atoms with Crippen molar-refractivity contribution < 1.29 is 33.3 Å².